The molecule has 1 aromatic carbocycles. The molecule has 0 radical (unpaired) electrons. The fraction of sp³-hybridized carbons (Fsp3) is 0.375. The summed E-state index contributed by atoms with van der Waals surface area (Å²) in [5.74, 6) is -3.50. The number of methoxy groups -OCH3 is 1. The van der Waals surface area contributed by atoms with E-state index < -0.39 is 37.7 Å². The topological polar surface area (TPSA) is 46.6 Å². The molecule has 1 aliphatic heterocycles. The second-order valence-electron chi connectivity index (χ2n) is 6.41. The minimum absolute atomic E-state index is 0.145. The van der Waals surface area contributed by atoms with Crippen LogP contribution in [0.5, 0.6) is 5.75 Å². The Labute approximate surface area is 189 Å². The third kappa shape index (κ3) is 2.06. The lowest BCUT2D eigenvalue weighted by Gasteiger charge is -2.34. The molecule has 1 saturated carbocycles. The van der Waals surface area contributed by atoms with Crippen molar-refractivity contribution in [1.82, 2.24) is 0 Å². The summed E-state index contributed by atoms with van der Waals surface area (Å²) in [5, 5.41) is 0.00659. The number of carbonyl (C=O) groups is 2. The average molecular weight is 510 g/mol. The van der Waals surface area contributed by atoms with Gasteiger partial charge >= 0.3 is 0 Å². The maximum atomic E-state index is 13.3. The predicted octanol–water partition coefficient (Wildman–Crippen LogP) is 5.30. The molecule has 4 rings (SSSR count). The summed E-state index contributed by atoms with van der Waals surface area (Å²) in [6.07, 6.45) is 0. The van der Waals surface area contributed by atoms with Crippen molar-refractivity contribution in [2.24, 2.45) is 11.8 Å². The van der Waals surface area contributed by atoms with Crippen molar-refractivity contribution in [3.63, 3.8) is 0 Å². The molecule has 4 atom stereocenters. The quantitative estimate of drug-likeness (QED) is 0.401. The van der Waals surface area contributed by atoms with Gasteiger partial charge in [-0.05, 0) is 18.2 Å². The number of hydrogen-bond acceptors (Lipinski definition) is 3. The summed E-state index contributed by atoms with van der Waals surface area (Å²) >= 11 is 44.8. The number of benzene rings is 1. The van der Waals surface area contributed by atoms with Crippen LogP contribution in [0.3, 0.4) is 0 Å². The van der Waals surface area contributed by atoms with Crippen molar-refractivity contribution >= 4 is 98.7 Å². The van der Waals surface area contributed by atoms with Gasteiger partial charge < -0.3 is 4.74 Å². The largest absolute Gasteiger partial charge is 0.495 e. The van der Waals surface area contributed by atoms with E-state index in [4.69, 9.17) is 85.9 Å². The molecule has 0 spiro atoms. The smallest absolute Gasteiger partial charge is 0.240 e. The van der Waals surface area contributed by atoms with E-state index in [2.05, 4.69) is 0 Å². The summed E-state index contributed by atoms with van der Waals surface area (Å²) in [6.45, 7) is 0. The van der Waals surface area contributed by atoms with Crippen molar-refractivity contribution in [1.29, 1.82) is 0 Å². The van der Waals surface area contributed by atoms with Gasteiger partial charge in [0, 0.05) is 5.02 Å². The summed E-state index contributed by atoms with van der Waals surface area (Å²) in [4.78, 5) is 23.8. The van der Waals surface area contributed by atoms with Gasteiger partial charge in [-0.15, -0.1) is 23.2 Å². The minimum atomic E-state index is -1.97. The van der Waals surface area contributed by atoms with Gasteiger partial charge in [0.25, 0.3) is 0 Å². The van der Waals surface area contributed by atoms with Gasteiger partial charge in [0.1, 0.15) is 15.5 Å². The van der Waals surface area contributed by atoms with Crippen LogP contribution in [0.2, 0.25) is 5.02 Å². The van der Waals surface area contributed by atoms with Gasteiger partial charge in [0.2, 0.25) is 11.8 Å². The van der Waals surface area contributed by atoms with Gasteiger partial charge in [-0.25, -0.2) is 4.90 Å². The van der Waals surface area contributed by atoms with E-state index in [-0.39, 0.29) is 21.5 Å². The van der Waals surface area contributed by atoms with E-state index in [1.165, 1.54) is 19.2 Å². The van der Waals surface area contributed by atoms with Crippen molar-refractivity contribution in [3.8, 4) is 5.75 Å². The maximum absolute atomic E-state index is 13.3. The monoisotopic (exact) mass is 507 g/mol. The molecule has 3 aliphatic rings. The lowest BCUT2D eigenvalue weighted by Crippen LogP contribution is -2.50. The number of allylic oxidation sites excluding steroid dienone is 2. The highest BCUT2D eigenvalue weighted by Crippen LogP contribution is 2.77. The van der Waals surface area contributed by atoms with Crippen LogP contribution in [0.15, 0.2) is 28.3 Å². The number of fused-ring (bicyclic) bond motifs is 5. The number of ether oxygens (including phenoxy) is 1. The summed E-state index contributed by atoms with van der Waals surface area (Å²) in [7, 11) is 1.40. The number of anilines is 1. The lowest BCUT2D eigenvalue weighted by atomic mass is 9.84. The molecule has 2 bridgehead atoms. The molecule has 0 aromatic heterocycles. The SMILES string of the molecule is COc1ccc(Cl)cc1N1C(=O)C2C(C1=O)C1(Cl)C(Cl)=C(Cl)C2(Cl)C1(Cl)Cl. The molecule has 4 unspecified atom stereocenters. The van der Waals surface area contributed by atoms with Crippen molar-refractivity contribution < 1.29 is 14.3 Å². The second kappa shape index (κ2) is 5.98. The third-order valence-corrected chi connectivity index (χ3v) is 9.78. The Kier molecular flexibility index (Phi) is 4.47. The van der Waals surface area contributed by atoms with Crippen LogP contribution in [0.4, 0.5) is 5.69 Å². The normalized spacial score (nSPS) is 36.7. The number of alkyl halides is 4. The van der Waals surface area contributed by atoms with E-state index >= 15 is 0 Å². The van der Waals surface area contributed by atoms with Crippen LogP contribution >= 0.6 is 81.2 Å². The number of hydrogen-bond donors (Lipinski definition) is 0. The lowest BCUT2D eigenvalue weighted by molar-refractivity contribution is -0.123. The molecule has 2 fully saturated rings. The van der Waals surface area contributed by atoms with Crippen LogP contribution in [-0.2, 0) is 9.59 Å². The molecule has 4 nitrogen and oxygen atoms in total. The van der Waals surface area contributed by atoms with E-state index in [9.17, 15) is 9.59 Å². The Morgan fingerprint density at radius 2 is 1.41 bits per heavy atom. The van der Waals surface area contributed by atoms with Gasteiger partial charge in [-0.1, -0.05) is 58.0 Å². The molecule has 1 aromatic rings. The predicted molar refractivity (Wildman–Crippen MR) is 108 cm³/mol. The zero-order valence-electron chi connectivity index (χ0n) is 13.2. The van der Waals surface area contributed by atoms with E-state index in [0.717, 1.165) is 4.90 Å². The molecule has 2 aliphatic carbocycles. The molecule has 27 heavy (non-hydrogen) atoms. The zero-order valence-corrected chi connectivity index (χ0v) is 18.5. The minimum Gasteiger partial charge on any atom is -0.495 e. The number of nitrogens with zero attached hydrogens (tertiary/aromatic N) is 1. The van der Waals surface area contributed by atoms with E-state index in [1.807, 2.05) is 0 Å². The summed E-state index contributed by atoms with van der Waals surface area (Å²) < 4.78 is 3.28. The molecule has 144 valence electrons. The van der Waals surface area contributed by atoms with Crippen molar-refractivity contribution in [2.45, 2.75) is 14.1 Å². The Morgan fingerprint density at radius 3 is 1.85 bits per heavy atom. The number of halogens is 7. The van der Waals surface area contributed by atoms with Crippen molar-refractivity contribution in [3.05, 3.63) is 33.3 Å². The Morgan fingerprint density at radius 1 is 0.926 bits per heavy atom. The van der Waals surface area contributed by atoms with Crippen LogP contribution < -0.4 is 9.64 Å². The first-order valence-electron chi connectivity index (χ1n) is 7.49. The fourth-order valence-electron chi connectivity index (χ4n) is 4.07. The van der Waals surface area contributed by atoms with Crippen LogP contribution in [-0.4, -0.2) is 33.0 Å². The maximum Gasteiger partial charge on any atom is 0.240 e. The molecule has 11 heteroatoms. The molecular weight excluding hydrogens is 502 g/mol. The molecule has 1 heterocycles. The highest BCUT2D eigenvalue weighted by Gasteiger charge is 2.87. The molecular formula is C16H8Cl7NO3. The van der Waals surface area contributed by atoms with Gasteiger partial charge in [0.15, 0.2) is 4.33 Å². The molecule has 0 N–H and O–H groups in total. The number of amides is 2. The summed E-state index contributed by atoms with van der Waals surface area (Å²) in [6, 6.07) is 4.51. The van der Waals surface area contributed by atoms with Gasteiger partial charge in [-0.2, -0.15) is 0 Å². The first-order chi connectivity index (χ1) is 12.5. The van der Waals surface area contributed by atoms with Crippen LogP contribution in [0.25, 0.3) is 0 Å². The third-order valence-electron chi connectivity index (χ3n) is 5.29. The standard InChI is InChI=1S/C16H8Cl7NO3/c1-27-7-3-2-5(17)4-6(7)24-12(25)8-9(13(24)26)15(21)11(19)10(18)14(8,20)16(15,22)23/h2-4,8-9H,1H3. The molecule has 2 amide bonds. The van der Waals surface area contributed by atoms with E-state index in [0.29, 0.717) is 5.02 Å². The Hall–Kier alpha value is -0.0700. The number of carbonyl (C=O) groups excluding carboxylic acids is 2. The van der Waals surface area contributed by atoms with Gasteiger partial charge in [-0.3, -0.25) is 9.59 Å². The first kappa shape index (κ1) is 20.2. The Balaban J connectivity index is 1.93. The summed E-state index contributed by atoms with van der Waals surface area (Å²) in [5.41, 5.74) is 0.149. The number of imide groups is 1. The van der Waals surface area contributed by atoms with Gasteiger partial charge in [0.05, 0.1) is 34.7 Å². The average Bonchev–Trinajstić information content (AvgIpc) is 2.99. The van der Waals surface area contributed by atoms with Crippen LogP contribution in [0.1, 0.15) is 0 Å². The van der Waals surface area contributed by atoms with Crippen molar-refractivity contribution in [2.75, 3.05) is 12.0 Å². The second-order valence-corrected chi connectivity index (χ2v) is 10.1. The van der Waals surface area contributed by atoms with Crippen LogP contribution in [0, 0.1) is 11.8 Å². The fourth-order valence-corrected chi connectivity index (χ4v) is 7.17. The van der Waals surface area contributed by atoms with E-state index in [1.54, 1.807) is 6.07 Å². The first-order valence-corrected chi connectivity index (χ1v) is 10.1. The highest BCUT2D eigenvalue weighted by molar-refractivity contribution is 6.67. The molecule has 1 saturated heterocycles. The number of rotatable bonds is 2. The zero-order chi connectivity index (χ0) is 20.1. The highest BCUT2D eigenvalue weighted by atomic mass is 35.5. The Bertz CT molecular complexity index is 902.